The molecule has 1 amide bonds. The fourth-order valence-corrected chi connectivity index (χ4v) is 2.39. The predicted molar refractivity (Wildman–Crippen MR) is 97.7 cm³/mol. The van der Waals surface area contributed by atoms with Crippen LogP contribution in [0.3, 0.4) is 0 Å². The molecule has 2 aromatic carbocycles. The largest absolute Gasteiger partial charge is 0.493 e. The number of alkyl halides is 2. The van der Waals surface area contributed by atoms with Gasteiger partial charge in [0.2, 0.25) is 0 Å². The average Bonchev–Trinajstić information content (AvgIpc) is 2.68. The van der Waals surface area contributed by atoms with Crippen LogP contribution in [0.5, 0.6) is 11.5 Å². The number of amides is 1. The number of benzene rings is 2. The Hall–Kier alpha value is -3.16. The SMILES string of the molecule is COc1cc(C(=O)O[C@@H](C)C(=O)NCCc2ccccc2)ccc1OC(F)F. The summed E-state index contributed by atoms with van der Waals surface area (Å²) < 4.78 is 39.1. The van der Waals surface area contributed by atoms with Gasteiger partial charge in [0.05, 0.1) is 12.7 Å². The van der Waals surface area contributed by atoms with Gasteiger partial charge in [-0.25, -0.2) is 4.79 Å². The van der Waals surface area contributed by atoms with Gasteiger partial charge < -0.3 is 19.5 Å². The van der Waals surface area contributed by atoms with Crippen molar-refractivity contribution in [1.29, 1.82) is 0 Å². The Morgan fingerprint density at radius 2 is 1.79 bits per heavy atom. The molecular formula is C20H21F2NO5. The fraction of sp³-hybridized carbons (Fsp3) is 0.300. The molecule has 6 nitrogen and oxygen atoms in total. The lowest BCUT2D eigenvalue weighted by Gasteiger charge is -2.15. The highest BCUT2D eigenvalue weighted by molar-refractivity contribution is 5.92. The zero-order valence-corrected chi connectivity index (χ0v) is 15.5. The molecular weight excluding hydrogens is 372 g/mol. The molecule has 0 aliphatic heterocycles. The molecule has 0 aromatic heterocycles. The van der Waals surface area contributed by atoms with E-state index in [4.69, 9.17) is 9.47 Å². The van der Waals surface area contributed by atoms with Crippen LogP contribution in [0.1, 0.15) is 22.8 Å². The molecule has 0 spiro atoms. The molecule has 0 unspecified atom stereocenters. The Morgan fingerprint density at radius 1 is 1.07 bits per heavy atom. The molecule has 2 rings (SSSR count). The number of esters is 1. The van der Waals surface area contributed by atoms with E-state index in [1.165, 1.54) is 32.2 Å². The third-order valence-electron chi connectivity index (χ3n) is 3.82. The lowest BCUT2D eigenvalue weighted by Crippen LogP contribution is -2.36. The highest BCUT2D eigenvalue weighted by Crippen LogP contribution is 2.29. The van der Waals surface area contributed by atoms with E-state index in [1.54, 1.807) is 0 Å². The summed E-state index contributed by atoms with van der Waals surface area (Å²) in [5.41, 5.74) is 1.12. The Balaban J connectivity index is 1.89. The lowest BCUT2D eigenvalue weighted by atomic mass is 10.1. The van der Waals surface area contributed by atoms with Crippen molar-refractivity contribution in [2.24, 2.45) is 0 Å². The first-order valence-corrected chi connectivity index (χ1v) is 8.56. The summed E-state index contributed by atoms with van der Waals surface area (Å²) in [5.74, 6) is -1.48. The van der Waals surface area contributed by atoms with Gasteiger partial charge in [-0.2, -0.15) is 8.78 Å². The monoisotopic (exact) mass is 393 g/mol. The summed E-state index contributed by atoms with van der Waals surface area (Å²) in [5, 5.41) is 2.70. The molecule has 1 N–H and O–H groups in total. The number of carbonyl (C=O) groups is 2. The van der Waals surface area contributed by atoms with Crippen LogP contribution in [-0.2, 0) is 16.0 Å². The van der Waals surface area contributed by atoms with Crippen molar-refractivity contribution in [1.82, 2.24) is 5.32 Å². The molecule has 28 heavy (non-hydrogen) atoms. The number of hydrogen-bond acceptors (Lipinski definition) is 5. The molecule has 0 saturated carbocycles. The Morgan fingerprint density at radius 3 is 2.43 bits per heavy atom. The second kappa shape index (κ2) is 10.2. The average molecular weight is 393 g/mol. The first kappa shape index (κ1) is 21.1. The van der Waals surface area contributed by atoms with Crippen LogP contribution in [-0.4, -0.2) is 38.2 Å². The maximum atomic E-state index is 12.4. The first-order chi connectivity index (χ1) is 13.4. The van der Waals surface area contributed by atoms with Crippen LogP contribution in [0.2, 0.25) is 0 Å². The van der Waals surface area contributed by atoms with Crippen LogP contribution >= 0.6 is 0 Å². The summed E-state index contributed by atoms with van der Waals surface area (Å²) in [6.45, 7) is -1.18. The zero-order chi connectivity index (χ0) is 20.5. The van der Waals surface area contributed by atoms with E-state index in [-0.39, 0.29) is 17.1 Å². The summed E-state index contributed by atoms with van der Waals surface area (Å²) >= 11 is 0. The van der Waals surface area contributed by atoms with Crippen LogP contribution in [0.15, 0.2) is 48.5 Å². The molecule has 0 saturated heterocycles. The molecule has 0 bridgehead atoms. The topological polar surface area (TPSA) is 73.9 Å². The Labute approximate surface area is 161 Å². The number of methoxy groups -OCH3 is 1. The van der Waals surface area contributed by atoms with Crippen molar-refractivity contribution in [3.63, 3.8) is 0 Å². The zero-order valence-electron chi connectivity index (χ0n) is 15.5. The molecule has 0 fully saturated rings. The molecule has 0 radical (unpaired) electrons. The van der Waals surface area contributed by atoms with Gasteiger partial charge in [0, 0.05) is 6.54 Å². The van der Waals surface area contributed by atoms with Gasteiger partial charge in [0.15, 0.2) is 17.6 Å². The van der Waals surface area contributed by atoms with Crippen LogP contribution in [0.25, 0.3) is 0 Å². The van der Waals surface area contributed by atoms with Crippen LogP contribution < -0.4 is 14.8 Å². The number of halogens is 2. The van der Waals surface area contributed by atoms with E-state index < -0.39 is 24.6 Å². The van der Waals surface area contributed by atoms with E-state index >= 15 is 0 Å². The van der Waals surface area contributed by atoms with Crippen molar-refractivity contribution in [2.45, 2.75) is 26.1 Å². The van der Waals surface area contributed by atoms with Gasteiger partial charge in [-0.3, -0.25) is 4.79 Å². The minimum absolute atomic E-state index is 0.0439. The highest BCUT2D eigenvalue weighted by Gasteiger charge is 2.20. The standard InChI is InChI=1S/C20H21F2NO5/c1-13(18(24)23-11-10-14-6-4-3-5-7-14)27-19(25)15-8-9-16(28-20(21)22)17(12-15)26-2/h3-9,12-13,20H,10-11H2,1-2H3,(H,23,24)/t13-/m0/s1. The normalized spacial score (nSPS) is 11.6. The highest BCUT2D eigenvalue weighted by atomic mass is 19.3. The van der Waals surface area contributed by atoms with Gasteiger partial charge in [0.1, 0.15) is 0 Å². The smallest absolute Gasteiger partial charge is 0.387 e. The van der Waals surface area contributed by atoms with Crippen LogP contribution in [0, 0.1) is 0 Å². The van der Waals surface area contributed by atoms with Crippen molar-refractivity contribution < 1.29 is 32.6 Å². The van der Waals surface area contributed by atoms with E-state index in [0.29, 0.717) is 13.0 Å². The number of ether oxygens (including phenoxy) is 3. The van der Waals surface area contributed by atoms with Crippen molar-refractivity contribution in [3.05, 3.63) is 59.7 Å². The fourth-order valence-electron chi connectivity index (χ4n) is 2.39. The summed E-state index contributed by atoms with van der Waals surface area (Å²) in [6.07, 6.45) is -0.373. The first-order valence-electron chi connectivity index (χ1n) is 8.56. The van der Waals surface area contributed by atoms with Gasteiger partial charge in [0.25, 0.3) is 5.91 Å². The second-order valence-electron chi connectivity index (χ2n) is 5.82. The quantitative estimate of drug-likeness (QED) is 0.663. The molecule has 0 aliphatic rings. The predicted octanol–water partition coefficient (Wildman–Crippen LogP) is 3.20. The molecule has 1 atom stereocenters. The molecule has 0 heterocycles. The van der Waals surface area contributed by atoms with Gasteiger partial charge in [-0.05, 0) is 37.1 Å². The van der Waals surface area contributed by atoms with Gasteiger partial charge in [-0.1, -0.05) is 30.3 Å². The van der Waals surface area contributed by atoms with E-state index in [0.717, 1.165) is 5.56 Å². The maximum absolute atomic E-state index is 12.4. The van der Waals surface area contributed by atoms with E-state index in [1.807, 2.05) is 30.3 Å². The van der Waals surface area contributed by atoms with Gasteiger partial charge in [-0.15, -0.1) is 0 Å². The minimum atomic E-state index is -3.02. The minimum Gasteiger partial charge on any atom is -0.493 e. The van der Waals surface area contributed by atoms with Crippen LogP contribution in [0.4, 0.5) is 8.78 Å². The van der Waals surface area contributed by atoms with Crippen molar-refractivity contribution in [2.75, 3.05) is 13.7 Å². The number of nitrogens with one attached hydrogen (secondary N) is 1. The lowest BCUT2D eigenvalue weighted by molar-refractivity contribution is -0.129. The number of rotatable bonds is 9. The maximum Gasteiger partial charge on any atom is 0.387 e. The van der Waals surface area contributed by atoms with E-state index in [2.05, 4.69) is 10.1 Å². The molecule has 8 heteroatoms. The molecule has 2 aromatic rings. The third-order valence-corrected chi connectivity index (χ3v) is 3.82. The molecule has 150 valence electrons. The third kappa shape index (κ3) is 6.22. The van der Waals surface area contributed by atoms with Crippen molar-refractivity contribution in [3.8, 4) is 11.5 Å². The van der Waals surface area contributed by atoms with Crippen molar-refractivity contribution >= 4 is 11.9 Å². The second-order valence-corrected chi connectivity index (χ2v) is 5.82. The molecule has 0 aliphatic carbocycles. The summed E-state index contributed by atoms with van der Waals surface area (Å²) in [4.78, 5) is 24.3. The summed E-state index contributed by atoms with van der Waals surface area (Å²) in [6, 6.07) is 13.3. The van der Waals surface area contributed by atoms with E-state index in [9.17, 15) is 18.4 Å². The summed E-state index contributed by atoms with van der Waals surface area (Å²) in [7, 11) is 1.26. The number of carbonyl (C=O) groups excluding carboxylic acids is 2. The Kier molecular flexibility index (Phi) is 7.74. The number of hydrogen-bond donors (Lipinski definition) is 1. The van der Waals surface area contributed by atoms with Gasteiger partial charge >= 0.3 is 12.6 Å². The Bertz CT molecular complexity index is 798.